The van der Waals surface area contributed by atoms with Gasteiger partial charge in [-0.2, -0.15) is 0 Å². The Morgan fingerprint density at radius 2 is 1.82 bits per heavy atom. The number of ketones is 1. The summed E-state index contributed by atoms with van der Waals surface area (Å²) in [5.74, 6) is 1.22. The van der Waals surface area contributed by atoms with Gasteiger partial charge in [0.2, 0.25) is 0 Å². The molecule has 0 unspecified atom stereocenters. The molecule has 0 spiro atoms. The van der Waals surface area contributed by atoms with Gasteiger partial charge in [-0.05, 0) is 38.1 Å². The quantitative estimate of drug-likeness (QED) is 0.754. The third-order valence-electron chi connectivity index (χ3n) is 2.44. The van der Waals surface area contributed by atoms with Gasteiger partial charge in [0, 0.05) is 6.20 Å². The van der Waals surface area contributed by atoms with Crippen LogP contribution in [0.2, 0.25) is 0 Å². The fourth-order valence-electron chi connectivity index (χ4n) is 1.54. The van der Waals surface area contributed by atoms with Crippen LogP contribution < -0.4 is 4.74 Å². The minimum atomic E-state index is -0.0119. The number of pyridine rings is 1. The lowest BCUT2D eigenvalue weighted by Gasteiger charge is -2.10. The summed E-state index contributed by atoms with van der Waals surface area (Å²) in [7, 11) is 0. The van der Waals surface area contributed by atoms with Crippen molar-refractivity contribution < 1.29 is 9.53 Å². The Hall–Kier alpha value is -2.16. The Morgan fingerprint density at radius 1 is 1.12 bits per heavy atom. The summed E-state index contributed by atoms with van der Waals surface area (Å²) in [6.07, 6.45) is 1.71. The molecule has 0 bridgehead atoms. The number of rotatable bonds is 3. The molecule has 2 aromatic rings. The van der Waals surface area contributed by atoms with Crippen LogP contribution >= 0.6 is 0 Å². The van der Waals surface area contributed by atoms with Crippen molar-refractivity contribution >= 4 is 5.78 Å². The van der Waals surface area contributed by atoms with Gasteiger partial charge in [0.25, 0.3) is 0 Å². The fourth-order valence-corrected chi connectivity index (χ4v) is 1.54. The first-order valence-corrected chi connectivity index (χ1v) is 5.38. The van der Waals surface area contributed by atoms with Crippen LogP contribution in [0.1, 0.15) is 23.0 Å². The molecule has 3 heteroatoms. The number of aromatic nitrogens is 1. The predicted molar refractivity (Wildman–Crippen MR) is 65.5 cm³/mol. The molecule has 17 heavy (non-hydrogen) atoms. The molecule has 0 aliphatic heterocycles. The Bertz CT molecular complexity index is 549. The molecule has 0 aliphatic rings. The van der Waals surface area contributed by atoms with Crippen LogP contribution in [-0.2, 0) is 0 Å². The van der Waals surface area contributed by atoms with E-state index < -0.39 is 0 Å². The first-order valence-electron chi connectivity index (χ1n) is 5.38. The number of aryl methyl sites for hydroxylation is 1. The SMILES string of the molecule is CC(=O)c1ccccc1Oc1cccnc1C. The Morgan fingerprint density at radius 3 is 2.53 bits per heavy atom. The second-order valence-electron chi connectivity index (χ2n) is 3.74. The van der Waals surface area contributed by atoms with E-state index in [1.165, 1.54) is 6.92 Å². The van der Waals surface area contributed by atoms with Crippen molar-refractivity contribution in [2.24, 2.45) is 0 Å². The van der Waals surface area contributed by atoms with Gasteiger partial charge in [-0.25, -0.2) is 0 Å². The lowest BCUT2D eigenvalue weighted by atomic mass is 10.1. The van der Waals surface area contributed by atoms with E-state index in [9.17, 15) is 4.79 Å². The second kappa shape index (κ2) is 4.78. The van der Waals surface area contributed by atoms with E-state index in [1.54, 1.807) is 24.4 Å². The first-order chi connectivity index (χ1) is 8.18. The number of para-hydroxylation sites is 1. The summed E-state index contributed by atoms with van der Waals surface area (Å²) in [4.78, 5) is 15.6. The number of carbonyl (C=O) groups excluding carboxylic acids is 1. The van der Waals surface area contributed by atoms with Gasteiger partial charge in [0.1, 0.15) is 11.5 Å². The molecular formula is C14H13NO2. The van der Waals surface area contributed by atoms with Crippen LogP contribution in [0.5, 0.6) is 11.5 Å². The van der Waals surface area contributed by atoms with Crippen molar-refractivity contribution in [3.8, 4) is 11.5 Å². The minimum absolute atomic E-state index is 0.0119. The zero-order chi connectivity index (χ0) is 12.3. The van der Waals surface area contributed by atoms with E-state index >= 15 is 0 Å². The Balaban J connectivity index is 2.37. The van der Waals surface area contributed by atoms with E-state index in [4.69, 9.17) is 4.74 Å². The molecule has 1 heterocycles. The van der Waals surface area contributed by atoms with Crippen LogP contribution in [0.4, 0.5) is 0 Å². The minimum Gasteiger partial charge on any atom is -0.455 e. The van der Waals surface area contributed by atoms with Crippen molar-refractivity contribution in [3.05, 3.63) is 53.9 Å². The van der Waals surface area contributed by atoms with E-state index in [1.807, 2.05) is 25.1 Å². The molecule has 0 amide bonds. The zero-order valence-electron chi connectivity index (χ0n) is 9.81. The summed E-state index contributed by atoms with van der Waals surface area (Å²) >= 11 is 0. The lowest BCUT2D eigenvalue weighted by molar-refractivity contribution is 0.101. The van der Waals surface area contributed by atoms with Crippen LogP contribution in [0.15, 0.2) is 42.6 Å². The van der Waals surface area contributed by atoms with Gasteiger partial charge in [0.05, 0.1) is 11.3 Å². The number of Topliss-reactive ketones (excluding diaryl/α,β-unsaturated/α-hetero) is 1. The Kier molecular flexibility index (Phi) is 3.19. The normalized spacial score (nSPS) is 10.0. The molecule has 1 aromatic carbocycles. The molecule has 0 radical (unpaired) electrons. The maximum atomic E-state index is 11.4. The highest BCUT2D eigenvalue weighted by Crippen LogP contribution is 2.26. The topological polar surface area (TPSA) is 39.2 Å². The van der Waals surface area contributed by atoms with E-state index in [2.05, 4.69) is 4.98 Å². The van der Waals surface area contributed by atoms with Gasteiger partial charge < -0.3 is 4.74 Å². The van der Waals surface area contributed by atoms with E-state index in [0.29, 0.717) is 17.1 Å². The maximum Gasteiger partial charge on any atom is 0.163 e. The average Bonchev–Trinajstić information content (AvgIpc) is 2.32. The second-order valence-corrected chi connectivity index (χ2v) is 3.74. The van der Waals surface area contributed by atoms with Crippen molar-refractivity contribution in [1.82, 2.24) is 4.98 Å². The van der Waals surface area contributed by atoms with Crippen LogP contribution in [0, 0.1) is 6.92 Å². The lowest BCUT2D eigenvalue weighted by Crippen LogP contribution is -1.97. The average molecular weight is 227 g/mol. The molecule has 0 atom stereocenters. The van der Waals surface area contributed by atoms with Crippen LogP contribution in [0.25, 0.3) is 0 Å². The van der Waals surface area contributed by atoms with Crippen molar-refractivity contribution in [3.63, 3.8) is 0 Å². The molecule has 0 saturated heterocycles. The molecule has 1 aromatic heterocycles. The summed E-state index contributed by atoms with van der Waals surface area (Å²) < 4.78 is 5.72. The molecule has 3 nitrogen and oxygen atoms in total. The first kappa shape index (κ1) is 11.3. The highest BCUT2D eigenvalue weighted by atomic mass is 16.5. The molecule has 0 saturated carbocycles. The maximum absolute atomic E-state index is 11.4. The van der Waals surface area contributed by atoms with E-state index in [-0.39, 0.29) is 5.78 Å². The molecular weight excluding hydrogens is 214 g/mol. The van der Waals surface area contributed by atoms with Gasteiger partial charge >= 0.3 is 0 Å². The highest BCUT2D eigenvalue weighted by Gasteiger charge is 2.09. The summed E-state index contributed by atoms with van der Waals surface area (Å²) in [6, 6.07) is 10.8. The monoisotopic (exact) mass is 227 g/mol. The van der Waals surface area contributed by atoms with E-state index in [0.717, 1.165) is 5.69 Å². The van der Waals surface area contributed by atoms with Crippen LogP contribution in [-0.4, -0.2) is 10.8 Å². The molecule has 0 aliphatic carbocycles. The van der Waals surface area contributed by atoms with Crippen molar-refractivity contribution in [1.29, 1.82) is 0 Å². The molecule has 0 fully saturated rings. The number of benzene rings is 1. The third-order valence-corrected chi connectivity index (χ3v) is 2.44. The smallest absolute Gasteiger partial charge is 0.163 e. The van der Waals surface area contributed by atoms with Gasteiger partial charge in [-0.1, -0.05) is 12.1 Å². The number of hydrogen-bond donors (Lipinski definition) is 0. The summed E-state index contributed by atoms with van der Waals surface area (Å²) in [5, 5.41) is 0. The summed E-state index contributed by atoms with van der Waals surface area (Å²) in [5.41, 5.74) is 1.38. The zero-order valence-corrected chi connectivity index (χ0v) is 9.81. The molecule has 2 rings (SSSR count). The fraction of sp³-hybridized carbons (Fsp3) is 0.143. The molecule has 86 valence electrons. The largest absolute Gasteiger partial charge is 0.455 e. The third kappa shape index (κ3) is 2.50. The summed E-state index contributed by atoms with van der Waals surface area (Å²) in [6.45, 7) is 3.39. The van der Waals surface area contributed by atoms with Gasteiger partial charge in [-0.3, -0.25) is 9.78 Å². The number of nitrogens with zero attached hydrogens (tertiary/aromatic N) is 1. The van der Waals surface area contributed by atoms with Gasteiger partial charge in [0.15, 0.2) is 5.78 Å². The Labute approximate surface area is 100 Å². The highest BCUT2D eigenvalue weighted by molar-refractivity contribution is 5.96. The van der Waals surface area contributed by atoms with Crippen molar-refractivity contribution in [2.45, 2.75) is 13.8 Å². The predicted octanol–water partition coefficient (Wildman–Crippen LogP) is 3.38. The number of hydrogen-bond acceptors (Lipinski definition) is 3. The van der Waals surface area contributed by atoms with Crippen LogP contribution in [0.3, 0.4) is 0 Å². The van der Waals surface area contributed by atoms with Crippen molar-refractivity contribution in [2.75, 3.05) is 0 Å². The standard InChI is InChI=1S/C14H13NO2/c1-10-13(8-5-9-15-10)17-14-7-4-3-6-12(14)11(2)16/h3-9H,1-2H3. The number of carbonyl (C=O) groups is 1. The molecule has 0 N–H and O–H groups in total. The van der Waals surface area contributed by atoms with Gasteiger partial charge in [-0.15, -0.1) is 0 Å². The number of ether oxygens (including phenoxy) is 1.